The first kappa shape index (κ1) is 20.3. The van der Waals surface area contributed by atoms with E-state index in [1.165, 1.54) is 0 Å². The molecule has 2 aromatic carbocycles. The highest BCUT2D eigenvalue weighted by Crippen LogP contribution is 2.23. The molecule has 0 fully saturated rings. The molecule has 0 aliphatic heterocycles. The number of aryl methyl sites for hydroxylation is 2. The molecule has 0 atom stereocenters. The average Bonchev–Trinajstić information content (AvgIpc) is 3.20. The van der Waals surface area contributed by atoms with Gasteiger partial charge in [-0.3, -0.25) is 4.79 Å². The summed E-state index contributed by atoms with van der Waals surface area (Å²) in [5.41, 5.74) is 3.36. The number of rotatable bonds is 7. The highest BCUT2D eigenvalue weighted by Gasteiger charge is 2.13. The number of fused-ring (bicyclic) bond motifs is 1. The Labute approximate surface area is 180 Å². The monoisotopic (exact) mass is 416 g/mol. The second-order valence-electron chi connectivity index (χ2n) is 7.16. The third-order valence-electron chi connectivity index (χ3n) is 4.87. The number of hydrogen-bond acceptors (Lipinski definition) is 6. The van der Waals surface area contributed by atoms with Gasteiger partial charge in [0.1, 0.15) is 17.4 Å². The van der Waals surface area contributed by atoms with E-state index < -0.39 is 0 Å². The van der Waals surface area contributed by atoms with Crippen LogP contribution in [0.2, 0.25) is 0 Å². The summed E-state index contributed by atoms with van der Waals surface area (Å²) in [6, 6.07) is 15.1. The molecule has 4 rings (SSSR count). The number of methoxy groups -OCH3 is 1. The average molecular weight is 416 g/mol. The summed E-state index contributed by atoms with van der Waals surface area (Å²) in [7, 11) is 1.63. The second kappa shape index (κ2) is 8.83. The SMILES string of the molecule is COc1ccc(-n2ncc3c(NCCNC(=O)c4ccc(C)cc4)nc(C)nc32)cc1. The van der Waals surface area contributed by atoms with Crippen LogP contribution in [0.15, 0.2) is 54.7 Å². The third-order valence-corrected chi connectivity index (χ3v) is 4.87. The maximum Gasteiger partial charge on any atom is 0.251 e. The minimum absolute atomic E-state index is 0.0989. The van der Waals surface area contributed by atoms with Gasteiger partial charge in [0.15, 0.2) is 5.65 Å². The van der Waals surface area contributed by atoms with Gasteiger partial charge in [0.05, 0.1) is 24.4 Å². The Balaban J connectivity index is 1.46. The molecule has 8 nitrogen and oxygen atoms in total. The van der Waals surface area contributed by atoms with Gasteiger partial charge in [-0.1, -0.05) is 17.7 Å². The summed E-state index contributed by atoms with van der Waals surface area (Å²) >= 11 is 0. The van der Waals surface area contributed by atoms with Gasteiger partial charge >= 0.3 is 0 Å². The van der Waals surface area contributed by atoms with Gasteiger partial charge in [-0.05, 0) is 50.2 Å². The number of amides is 1. The predicted molar refractivity (Wildman–Crippen MR) is 120 cm³/mol. The molecule has 31 heavy (non-hydrogen) atoms. The minimum Gasteiger partial charge on any atom is -0.497 e. The van der Waals surface area contributed by atoms with E-state index in [9.17, 15) is 4.79 Å². The molecule has 4 aromatic rings. The Kier molecular flexibility index (Phi) is 5.79. The summed E-state index contributed by atoms with van der Waals surface area (Å²) in [5, 5.41) is 11.5. The van der Waals surface area contributed by atoms with Crippen LogP contribution in [-0.4, -0.2) is 45.9 Å². The standard InChI is InChI=1S/C23H24N6O2/c1-15-4-6-17(7-5-15)23(30)25-13-12-24-21-20-14-26-29(22(20)28-16(2)27-21)18-8-10-19(31-3)11-9-18/h4-11,14H,12-13H2,1-3H3,(H,25,30)(H,24,27,28). The predicted octanol–water partition coefficient (Wildman–Crippen LogP) is 3.28. The lowest BCUT2D eigenvalue weighted by Gasteiger charge is -2.10. The fraction of sp³-hybridized carbons (Fsp3) is 0.217. The van der Waals surface area contributed by atoms with E-state index >= 15 is 0 Å². The first-order valence-electron chi connectivity index (χ1n) is 10.0. The van der Waals surface area contributed by atoms with E-state index in [1.54, 1.807) is 18.0 Å². The largest absolute Gasteiger partial charge is 0.497 e. The third kappa shape index (κ3) is 4.48. The quantitative estimate of drug-likeness (QED) is 0.449. The maximum absolute atomic E-state index is 12.3. The summed E-state index contributed by atoms with van der Waals surface area (Å²) in [4.78, 5) is 21.3. The molecule has 1 amide bonds. The molecular weight excluding hydrogens is 392 g/mol. The van der Waals surface area contributed by atoms with Crippen LogP contribution in [-0.2, 0) is 0 Å². The molecule has 0 radical (unpaired) electrons. The van der Waals surface area contributed by atoms with E-state index in [2.05, 4.69) is 25.7 Å². The minimum atomic E-state index is -0.0989. The molecule has 158 valence electrons. The molecule has 0 unspecified atom stereocenters. The van der Waals surface area contributed by atoms with Crippen molar-refractivity contribution in [1.82, 2.24) is 25.1 Å². The number of anilines is 1. The van der Waals surface area contributed by atoms with Gasteiger partial charge in [-0.25, -0.2) is 14.6 Å². The van der Waals surface area contributed by atoms with Gasteiger partial charge in [-0.2, -0.15) is 5.10 Å². The van der Waals surface area contributed by atoms with Crippen molar-refractivity contribution in [2.75, 3.05) is 25.5 Å². The molecule has 0 aliphatic carbocycles. The van der Waals surface area contributed by atoms with Crippen molar-refractivity contribution in [2.24, 2.45) is 0 Å². The van der Waals surface area contributed by atoms with Gasteiger partial charge < -0.3 is 15.4 Å². The molecule has 2 N–H and O–H groups in total. The van der Waals surface area contributed by atoms with Crippen LogP contribution >= 0.6 is 0 Å². The van der Waals surface area contributed by atoms with Crippen LogP contribution in [0.1, 0.15) is 21.7 Å². The van der Waals surface area contributed by atoms with E-state index in [0.717, 1.165) is 22.4 Å². The lowest BCUT2D eigenvalue weighted by Crippen LogP contribution is -2.28. The first-order chi connectivity index (χ1) is 15.0. The van der Waals surface area contributed by atoms with E-state index in [1.807, 2.05) is 62.4 Å². The molecule has 0 saturated carbocycles. The number of nitrogens with zero attached hydrogens (tertiary/aromatic N) is 4. The van der Waals surface area contributed by atoms with Gasteiger partial charge in [-0.15, -0.1) is 0 Å². The van der Waals surface area contributed by atoms with Gasteiger partial charge in [0.2, 0.25) is 0 Å². The van der Waals surface area contributed by atoms with Crippen LogP contribution in [0.4, 0.5) is 5.82 Å². The van der Waals surface area contributed by atoms with Crippen LogP contribution < -0.4 is 15.4 Å². The zero-order valence-electron chi connectivity index (χ0n) is 17.7. The molecule has 0 saturated heterocycles. The molecular formula is C23H24N6O2. The number of aromatic nitrogens is 4. The van der Waals surface area contributed by atoms with Crippen molar-refractivity contribution in [3.8, 4) is 11.4 Å². The summed E-state index contributed by atoms with van der Waals surface area (Å²) < 4.78 is 6.99. The molecule has 2 aromatic heterocycles. The summed E-state index contributed by atoms with van der Waals surface area (Å²) in [6.07, 6.45) is 1.74. The number of benzene rings is 2. The van der Waals surface area contributed by atoms with Crippen molar-refractivity contribution >= 4 is 22.8 Å². The van der Waals surface area contributed by atoms with Crippen LogP contribution in [0.5, 0.6) is 5.75 Å². The van der Waals surface area contributed by atoms with Crippen molar-refractivity contribution in [1.29, 1.82) is 0 Å². The zero-order valence-corrected chi connectivity index (χ0v) is 17.7. The Morgan fingerprint density at radius 2 is 1.74 bits per heavy atom. The number of hydrogen-bond donors (Lipinski definition) is 2. The molecule has 8 heteroatoms. The van der Waals surface area contributed by atoms with Crippen LogP contribution in [0.25, 0.3) is 16.7 Å². The molecule has 0 bridgehead atoms. The first-order valence-corrected chi connectivity index (χ1v) is 10.0. The molecule has 0 spiro atoms. The number of ether oxygens (including phenoxy) is 1. The van der Waals surface area contributed by atoms with Crippen molar-refractivity contribution < 1.29 is 9.53 Å². The van der Waals surface area contributed by atoms with Gasteiger partial charge in [0.25, 0.3) is 5.91 Å². The van der Waals surface area contributed by atoms with Crippen LogP contribution in [0, 0.1) is 13.8 Å². The Hall–Kier alpha value is -3.94. The van der Waals surface area contributed by atoms with Crippen LogP contribution in [0.3, 0.4) is 0 Å². The Morgan fingerprint density at radius 3 is 2.45 bits per heavy atom. The Morgan fingerprint density at radius 1 is 1.00 bits per heavy atom. The normalized spacial score (nSPS) is 10.8. The molecule has 0 aliphatic rings. The lowest BCUT2D eigenvalue weighted by atomic mass is 10.1. The number of carbonyl (C=O) groups is 1. The smallest absolute Gasteiger partial charge is 0.251 e. The highest BCUT2D eigenvalue weighted by atomic mass is 16.5. The lowest BCUT2D eigenvalue weighted by molar-refractivity contribution is 0.0955. The van der Waals surface area contributed by atoms with Crippen molar-refractivity contribution in [3.05, 3.63) is 71.7 Å². The summed E-state index contributed by atoms with van der Waals surface area (Å²) in [6.45, 7) is 4.82. The maximum atomic E-state index is 12.3. The topological polar surface area (TPSA) is 94.0 Å². The fourth-order valence-corrected chi connectivity index (χ4v) is 3.23. The summed E-state index contributed by atoms with van der Waals surface area (Å²) in [5.74, 6) is 2.00. The molecule has 2 heterocycles. The fourth-order valence-electron chi connectivity index (χ4n) is 3.23. The van der Waals surface area contributed by atoms with E-state index in [4.69, 9.17) is 4.74 Å². The second-order valence-corrected chi connectivity index (χ2v) is 7.16. The van der Waals surface area contributed by atoms with Gasteiger partial charge in [0, 0.05) is 18.7 Å². The van der Waals surface area contributed by atoms with E-state index in [-0.39, 0.29) is 5.91 Å². The Bertz CT molecular complexity index is 1200. The highest BCUT2D eigenvalue weighted by molar-refractivity contribution is 5.94. The van der Waals surface area contributed by atoms with Crippen molar-refractivity contribution in [3.63, 3.8) is 0 Å². The zero-order chi connectivity index (χ0) is 21.8. The van der Waals surface area contributed by atoms with Crippen molar-refractivity contribution in [2.45, 2.75) is 13.8 Å². The van der Waals surface area contributed by atoms with E-state index in [0.29, 0.717) is 35.9 Å². The number of nitrogens with one attached hydrogen (secondary N) is 2. The number of carbonyl (C=O) groups excluding carboxylic acids is 1.